The van der Waals surface area contributed by atoms with Gasteiger partial charge in [-0.25, -0.2) is 9.78 Å². The summed E-state index contributed by atoms with van der Waals surface area (Å²) in [5.41, 5.74) is 2.80. The van der Waals surface area contributed by atoms with Crippen molar-refractivity contribution in [2.24, 2.45) is 0 Å². The predicted molar refractivity (Wildman–Crippen MR) is 112 cm³/mol. The molecular formula is C21H22N4O2S. The minimum absolute atomic E-state index is 0.0221. The maximum Gasteiger partial charge on any atom is 0.323 e. The molecule has 1 saturated heterocycles. The Labute approximate surface area is 167 Å². The molecule has 2 heterocycles. The summed E-state index contributed by atoms with van der Waals surface area (Å²) in [6, 6.07) is 15.4. The first-order valence-electron chi connectivity index (χ1n) is 9.44. The van der Waals surface area contributed by atoms with Crippen molar-refractivity contribution in [3.05, 3.63) is 59.7 Å². The lowest BCUT2D eigenvalue weighted by Crippen LogP contribution is -2.51. The van der Waals surface area contributed by atoms with Crippen LogP contribution in [0.4, 0.5) is 9.93 Å². The van der Waals surface area contributed by atoms with E-state index in [0.29, 0.717) is 36.9 Å². The fourth-order valence-electron chi connectivity index (χ4n) is 3.27. The molecular weight excluding hydrogens is 372 g/mol. The normalized spacial score (nSPS) is 14.3. The van der Waals surface area contributed by atoms with Gasteiger partial charge < -0.3 is 9.80 Å². The number of aromatic nitrogens is 1. The van der Waals surface area contributed by atoms with Crippen LogP contribution in [0.3, 0.4) is 0 Å². The van der Waals surface area contributed by atoms with Gasteiger partial charge in [0.2, 0.25) is 0 Å². The van der Waals surface area contributed by atoms with E-state index in [-0.39, 0.29) is 11.9 Å². The van der Waals surface area contributed by atoms with Gasteiger partial charge in [-0.3, -0.25) is 10.1 Å². The van der Waals surface area contributed by atoms with Crippen LogP contribution in [-0.2, 0) is 6.42 Å². The molecule has 0 saturated carbocycles. The standard InChI is InChI=1S/C21H22N4O2S/c1-2-15-7-9-16(10-8-15)19(26)24-11-13-25(14-12-24)21(27)23-20-22-17-5-3-4-6-18(17)28-20/h3-10H,2,11-14H2,1H3,(H,22,23,27). The number of anilines is 1. The highest BCUT2D eigenvalue weighted by molar-refractivity contribution is 7.22. The molecule has 6 nitrogen and oxygen atoms in total. The summed E-state index contributed by atoms with van der Waals surface area (Å²) in [7, 11) is 0. The predicted octanol–water partition coefficient (Wildman–Crippen LogP) is 3.85. The van der Waals surface area contributed by atoms with Crippen LogP contribution in [0, 0.1) is 0 Å². The van der Waals surface area contributed by atoms with E-state index in [4.69, 9.17) is 0 Å². The summed E-state index contributed by atoms with van der Waals surface area (Å²) in [5, 5.41) is 3.48. The molecule has 28 heavy (non-hydrogen) atoms. The van der Waals surface area contributed by atoms with Crippen molar-refractivity contribution in [2.45, 2.75) is 13.3 Å². The Kier molecular flexibility index (Phi) is 5.25. The lowest BCUT2D eigenvalue weighted by molar-refractivity contribution is 0.0671. The molecule has 0 unspecified atom stereocenters. The second-order valence-corrected chi connectivity index (χ2v) is 7.78. The molecule has 3 amide bonds. The summed E-state index contributed by atoms with van der Waals surface area (Å²) in [5.74, 6) is 0.0221. The van der Waals surface area contributed by atoms with Crippen LogP contribution in [0.2, 0.25) is 0 Å². The molecule has 1 fully saturated rings. The lowest BCUT2D eigenvalue weighted by Gasteiger charge is -2.34. The number of aryl methyl sites for hydroxylation is 1. The Balaban J connectivity index is 1.33. The van der Waals surface area contributed by atoms with Crippen LogP contribution >= 0.6 is 11.3 Å². The molecule has 0 spiro atoms. The number of nitrogens with one attached hydrogen (secondary N) is 1. The number of rotatable bonds is 3. The van der Waals surface area contributed by atoms with Crippen LogP contribution in [0.1, 0.15) is 22.8 Å². The quantitative estimate of drug-likeness (QED) is 0.734. The van der Waals surface area contributed by atoms with Crippen molar-refractivity contribution >= 4 is 38.6 Å². The van der Waals surface area contributed by atoms with Gasteiger partial charge in [-0.1, -0.05) is 42.5 Å². The molecule has 2 aromatic carbocycles. The van der Waals surface area contributed by atoms with Crippen LogP contribution in [0.25, 0.3) is 10.2 Å². The van der Waals surface area contributed by atoms with Crippen LogP contribution in [0.15, 0.2) is 48.5 Å². The van der Waals surface area contributed by atoms with E-state index in [1.807, 2.05) is 53.4 Å². The van der Waals surface area contributed by atoms with Crippen molar-refractivity contribution in [1.29, 1.82) is 0 Å². The largest absolute Gasteiger partial charge is 0.335 e. The number of para-hydroxylation sites is 1. The lowest BCUT2D eigenvalue weighted by atomic mass is 10.1. The Hall–Kier alpha value is -2.93. The van der Waals surface area contributed by atoms with Crippen molar-refractivity contribution in [3.63, 3.8) is 0 Å². The van der Waals surface area contributed by atoms with Gasteiger partial charge in [0.25, 0.3) is 5.91 Å². The Morgan fingerprint density at radius 1 is 1.00 bits per heavy atom. The number of amides is 3. The fraction of sp³-hybridized carbons (Fsp3) is 0.286. The molecule has 4 rings (SSSR count). The third-order valence-corrected chi connectivity index (χ3v) is 5.92. The fourth-order valence-corrected chi connectivity index (χ4v) is 4.13. The molecule has 0 bridgehead atoms. The van der Waals surface area contributed by atoms with Crippen LogP contribution < -0.4 is 5.32 Å². The highest BCUT2D eigenvalue weighted by Crippen LogP contribution is 2.25. The first-order chi connectivity index (χ1) is 13.6. The minimum Gasteiger partial charge on any atom is -0.335 e. The highest BCUT2D eigenvalue weighted by atomic mass is 32.1. The first kappa shape index (κ1) is 18.4. The molecule has 0 atom stereocenters. The summed E-state index contributed by atoms with van der Waals surface area (Å²) in [6.45, 7) is 4.17. The zero-order valence-electron chi connectivity index (χ0n) is 15.7. The molecule has 0 aliphatic carbocycles. The van der Waals surface area contributed by atoms with E-state index in [0.717, 1.165) is 16.6 Å². The van der Waals surface area contributed by atoms with Gasteiger partial charge in [0.15, 0.2) is 5.13 Å². The van der Waals surface area contributed by atoms with Crippen LogP contribution in [0.5, 0.6) is 0 Å². The summed E-state index contributed by atoms with van der Waals surface area (Å²) in [6.07, 6.45) is 0.955. The molecule has 7 heteroatoms. The summed E-state index contributed by atoms with van der Waals surface area (Å²) in [4.78, 5) is 33.2. The second kappa shape index (κ2) is 7.98. The topological polar surface area (TPSA) is 65.5 Å². The monoisotopic (exact) mass is 394 g/mol. The molecule has 0 radical (unpaired) electrons. The maximum atomic E-state index is 12.7. The number of urea groups is 1. The van der Waals surface area contributed by atoms with E-state index >= 15 is 0 Å². The first-order valence-corrected chi connectivity index (χ1v) is 10.3. The third kappa shape index (κ3) is 3.84. The van der Waals surface area contributed by atoms with E-state index in [1.54, 1.807) is 4.90 Å². The number of thiazole rings is 1. The molecule has 1 aliphatic rings. The summed E-state index contributed by atoms with van der Waals surface area (Å²) < 4.78 is 1.04. The smallest absolute Gasteiger partial charge is 0.323 e. The summed E-state index contributed by atoms with van der Waals surface area (Å²) >= 11 is 1.46. The third-order valence-electron chi connectivity index (χ3n) is 4.97. The molecule has 1 N–H and O–H groups in total. The Morgan fingerprint density at radius 2 is 1.68 bits per heavy atom. The van der Waals surface area contributed by atoms with E-state index in [9.17, 15) is 9.59 Å². The van der Waals surface area contributed by atoms with Gasteiger partial charge in [-0.15, -0.1) is 0 Å². The van der Waals surface area contributed by atoms with Gasteiger partial charge in [0, 0.05) is 31.7 Å². The van der Waals surface area contributed by atoms with Crippen molar-refractivity contribution in [1.82, 2.24) is 14.8 Å². The number of piperazine rings is 1. The van der Waals surface area contributed by atoms with E-state index in [2.05, 4.69) is 17.2 Å². The SMILES string of the molecule is CCc1ccc(C(=O)N2CCN(C(=O)Nc3nc4ccccc4s3)CC2)cc1. The van der Waals surface area contributed by atoms with Crippen LogP contribution in [-0.4, -0.2) is 52.9 Å². The van der Waals surface area contributed by atoms with Gasteiger partial charge in [0.1, 0.15) is 0 Å². The number of carbonyl (C=O) groups excluding carboxylic acids is 2. The molecule has 1 aromatic heterocycles. The maximum absolute atomic E-state index is 12.7. The van der Waals surface area contributed by atoms with Crippen molar-refractivity contribution in [2.75, 3.05) is 31.5 Å². The Bertz CT molecular complexity index is 958. The molecule has 1 aliphatic heterocycles. The Morgan fingerprint density at radius 3 is 2.36 bits per heavy atom. The number of hydrogen-bond acceptors (Lipinski definition) is 4. The number of nitrogens with zero attached hydrogens (tertiary/aromatic N) is 3. The zero-order valence-corrected chi connectivity index (χ0v) is 16.5. The number of hydrogen-bond donors (Lipinski definition) is 1. The van der Waals surface area contributed by atoms with E-state index < -0.39 is 0 Å². The zero-order chi connectivity index (χ0) is 19.5. The van der Waals surface area contributed by atoms with E-state index in [1.165, 1.54) is 16.9 Å². The van der Waals surface area contributed by atoms with Gasteiger partial charge >= 0.3 is 6.03 Å². The van der Waals surface area contributed by atoms with Gasteiger partial charge in [-0.05, 0) is 36.2 Å². The number of fused-ring (bicyclic) bond motifs is 1. The average molecular weight is 395 g/mol. The van der Waals surface area contributed by atoms with Gasteiger partial charge in [-0.2, -0.15) is 0 Å². The van der Waals surface area contributed by atoms with Crippen molar-refractivity contribution < 1.29 is 9.59 Å². The number of benzene rings is 2. The second-order valence-electron chi connectivity index (χ2n) is 6.75. The molecule has 144 valence electrons. The van der Waals surface area contributed by atoms with Gasteiger partial charge in [0.05, 0.1) is 10.2 Å². The average Bonchev–Trinajstić information content (AvgIpc) is 3.15. The number of carbonyl (C=O) groups is 2. The highest BCUT2D eigenvalue weighted by Gasteiger charge is 2.25. The van der Waals surface area contributed by atoms with Crippen molar-refractivity contribution in [3.8, 4) is 0 Å². The molecule has 3 aromatic rings. The minimum atomic E-state index is -0.168.